The topological polar surface area (TPSA) is 72.8 Å². The van der Waals surface area contributed by atoms with Crippen LogP contribution < -0.4 is 0 Å². The second-order valence-corrected chi connectivity index (χ2v) is 21.1. The number of allylic oxidation sites excluding steroid dienone is 20. The number of ether oxygens (including phenoxy) is 2. The molecule has 0 saturated carbocycles. The maximum absolute atomic E-state index is 12.3. The molecule has 0 spiro atoms. The van der Waals surface area contributed by atoms with Crippen LogP contribution in [0.25, 0.3) is 0 Å². The fourth-order valence-corrected chi connectivity index (χ4v) is 8.96. The average Bonchev–Trinajstić information content (AvgIpc) is 3.42. The van der Waals surface area contributed by atoms with Crippen molar-refractivity contribution in [3.8, 4) is 0 Å². The summed E-state index contributed by atoms with van der Waals surface area (Å²) in [6, 6.07) is 0. The van der Waals surface area contributed by atoms with Gasteiger partial charge >= 0.3 is 11.9 Å². The lowest BCUT2D eigenvalue weighted by Gasteiger charge is -2.15. The van der Waals surface area contributed by atoms with Crippen molar-refractivity contribution in [2.75, 3.05) is 13.2 Å². The summed E-state index contributed by atoms with van der Waals surface area (Å²) in [6.45, 7) is 4.00. The summed E-state index contributed by atoms with van der Waals surface area (Å²) < 4.78 is 10.7. The molecule has 0 bridgehead atoms. The molecule has 1 unspecified atom stereocenters. The number of esters is 2. The minimum atomic E-state index is -0.804. The van der Waals surface area contributed by atoms with Gasteiger partial charge in [0.1, 0.15) is 6.61 Å². The number of hydrogen-bond acceptors (Lipinski definition) is 5. The van der Waals surface area contributed by atoms with E-state index in [0.29, 0.717) is 12.8 Å². The molecule has 1 N–H and O–H groups in total. The van der Waals surface area contributed by atoms with Gasteiger partial charge in [-0.2, -0.15) is 0 Å². The molecule has 0 aliphatic heterocycles. The van der Waals surface area contributed by atoms with Crippen molar-refractivity contribution in [3.63, 3.8) is 0 Å². The number of carbonyl (C=O) groups is 2. The van der Waals surface area contributed by atoms with Gasteiger partial charge in [-0.25, -0.2) is 0 Å². The summed E-state index contributed by atoms with van der Waals surface area (Å²) >= 11 is 0. The summed E-state index contributed by atoms with van der Waals surface area (Å²) in [5.41, 5.74) is 0. The lowest BCUT2D eigenvalue weighted by molar-refractivity contribution is -0.161. The van der Waals surface area contributed by atoms with E-state index in [1.54, 1.807) is 0 Å². The predicted molar refractivity (Wildman–Crippen MR) is 334 cm³/mol. The van der Waals surface area contributed by atoms with Crippen LogP contribution in [-0.2, 0) is 19.1 Å². The minimum absolute atomic E-state index is 0.0883. The molecule has 5 nitrogen and oxygen atoms in total. The van der Waals surface area contributed by atoms with E-state index in [0.717, 1.165) is 96.3 Å². The molecule has 1 atom stereocenters. The van der Waals surface area contributed by atoms with E-state index in [1.165, 1.54) is 173 Å². The summed E-state index contributed by atoms with van der Waals surface area (Å²) in [7, 11) is 0. The molecule has 76 heavy (non-hydrogen) atoms. The summed E-state index contributed by atoms with van der Waals surface area (Å²) in [5, 5.41) is 9.67. The molecule has 0 aromatic carbocycles. The highest BCUT2D eigenvalue weighted by Gasteiger charge is 2.16. The van der Waals surface area contributed by atoms with Crippen LogP contribution >= 0.6 is 0 Å². The molecule has 0 amide bonds. The first-order valence-corrected chi connectivity index (χ1v) is 32.1. The molecule has 5 heteroatoms. The molecule has 0 radical (unpaired) electrons. The molecule has 0 fully saturated rings. The molecule has 0 aliphatic rings. The molecule has 0 aliphatic carbocycles. The second-order valence-electron chi connectivity index (χ2n) is 21.1. The molecule has 0 heterocycles. The highest BCUT2D eigenvalue weighted by molar-refractivity contribution is 5.70. The third-order valence-electron chi connectivity index (χ3n) is 13.7. The predicted octanol–water partition coefficient (Wildman–Crippen LogP) is 22.2. The molecular formula is C71H120O5. The summed E-state index contributed by atoms with van der Waals surface area (Å²) in [5.74, 6) is -0.639. The van der Waals surface area contributed by atoms with Crippen molar-refractivity contribution in [3.05, 3.63) is 122 Å². The number of carbonyl (C=O) groups excluding carboxylic acids is 2. The first kappa shape index (κ1) is 72.3. The fourth-order valence-electron chi connectivity index (χ4n) is 8.96. The van der Waals surface area contributed by atoms with E-state index in [-0.39, 0.29) is 25.2 Å². The monoisotopic (exact) mass is 1050 g/mol. The van der Waals surface area contributed by atoms with Crippen molar-refractivity contribution in [1.29, 1.82) is 0 Å². The molecule has 434 valence electrons. The van der Waals surface area contributed by atoms with Gasteiger partial charge in [-0.1, -0.05) is 296 Å². The van der Waals surface area contributed by atoms with Crippen LogP contribution in [0, 0.1) is 0 Å². The lowest BCUT2D eigenvalue weighted by atomic mass is 10.0. The SMILES string of the molecule is CC/C=C\C/C=C\C/C=C\C/C=C\C/C=C\C/C=C\C/C=C\C/C=C\CCCCC(=O)OC(CO)COC(=O)CCCCCCCCCCCCCCCCCCCCCCCCC/C=C\C/C=C\CCCCCCC. The first-order chi connectivity index (χ1) is 37.6. The van der Waals surface area contributed by atoms with E-state index in [2.05, 4.69) is 135 Å². The maximum Gasteiger partial charge on any atom is 0.306 e. The smallest absolute Gasteiger partial charge is 0.306 e. The Hall–Kier alpha value is -3.70. The number of hydrogen-bond donors (Lipinski definition) is 1. The highest BCUT2D eigenvalue weighted by Crippen LogP contribution is 2.17. The van der Waals surface area contributed by atoms with Gasteiger partial charge in [0.15, 0.2) is 6.10 Å². The Morgan fingerprint density at radius 1 is 0.316 bits per heavy atom. The van der Waals surface area contributed by atoms with Gasteiger partial charge in [-0.05, 0) is 109 Å². The standard InChI is InChI=1S/C71H120O5/c1-3-5-7-9-11-13-15-17-19-21-23-25-27-29-31-32-33-34-35-36-37-38-40-41-43-45-47-49-51-53-55-57-59-61-63-65-70(73)75-68-69(67-72)76-71(74)66-64-62-60-58-56-54-52-50-48-46-44-42-39-30-28-26-24-22-20-18-16-14-12-10-8-6-4-2/h6,8,12,14-15,17-18,20-21,23-24,26,30,39,44,46,50,52,56,58,69,72H,3-5,7,9-11,13,16,19,22,25,27-29,31-38,40-43,45,47-49,51,53-55,57,59-68H2,1-2H3/b8-6-,14-12-,17-15-,20-18-,23-21-,26-24-,39-30-,46-44-,52-50-,58-56-. The molecule has 0 aromatic heterocycles. The Morgan fingerprint density at radius 2 is 0.566 bits per heavy atom. The van der Waals surface area contributed by atoms with Crippen LogP contribution in [0.3, 0.4) is 0 Å². The summed E-state index contributed by atoms with van der Waals surface area (Å²) in [6.07, 6.45) is 96.4. The van der Waals surface area contributed by atoms with Gasteiger partial charge in [-0.15, -0.1) is 0 Å². The fraction of sp³-hybridized carbons (Fsp3) is 0.690. The van der Waals surface area contributed by atoms with E-state index in [9.17, 15) is 14.7 Å². The van der Waals surface area contributed by atoms with Crippen LogP contribution in [0.2, 0.25) is 0 Å². The normalized spacial score (nSPS) is 13.0. The van der Waals surface area contributed by atoms with Gasteiger partial charge in [0, 0.05) is 12.8 Å². The quantitative estimate of drug-likeness (QED) is 0.0373. The average molecular weight is 1050 g/mol. The molecule has 0 aromatic rings. The first-order valence-electron chi connectivity index (χ1n) is 32.1. The van der Waals surface area contributed by atoms with Gasteiger partial charge in [0.05, 0.1) is 6.61 Å². The van der Waals surface area contributed by atoms with Gasteiger partial charge in [-0.3, -0.25) is 9.59 Å². The molecule has 0 saturated heterocycles. The molecular weight excluding hydrogens is 933 g/mol. The lowest BCUT2D eigenvalue weighted by Crippen LogP contribution is -2.28. The van der Waals surface area contributed by atoms with Crippen molar-refractivity contribution in [2.24, 2.45) is 0 Å². The van der Waals surface area contributed by atoms with Gasteiger partial charge < -0.3 is 14.6 Å². The number of aliphatic hydroxyl groups excluding tert-OH is 1. The van der Waals surface area contributed by atoms with Crippen molar-refractivity contribution in [2.45, 2.75) is 302 Å². The zero-order chi connectivity index (χ0) is 54.8. The Kier molecular flexibility index (Phi) is 62.4. The largest absolute Gasteiger partial charge is 0.462 e. The Morgan fingerprint density at radius 3 is 0.882 bits per heavy atom. The number of aliphatic hydroxyl groups is 1. The maximum atomic E-state index is 12.3. The van der Waals surface area contributed by atoms with Crippen molar-refractivity contribution in [1.82, 2.24) is 0 Å². The van der Waals surface area contributed by atoms with Gasteiger partial charge in [0.2, 0.25) is 0 Å². The van der Waals surface area contributed by atoms with Crippen molar-refractivity contribution >= 4 is 11.9 Å². The van der Waals surface area contributed by atoms with Crippen LogP contribution in [0.4, 0.5) is 0 Å². The number of rotatable bonds is 58. The zero-order valence-corrected chi connectivity index (χ0v) is 49.7. The van der Waals surface area contributed by atoms with E-state index >= 15 is 0 Å². The van der Waals surface area contributed by atoms with Gasteiger partial charge in [0.25, 0.3) is 0 Å². The Balaban J connectivity index is 3.53. The van der Waals surface area contributed by atoms with Crippen molar-refractivity contribution < 1.29 is 24.2 Å². The summed E-state index contributed by atoms with van der Waals surface area (Å²) in [4.78, 5) is 24.6. The zero-order valence-electron chi connectivity index (χ0n) is 49.7. The Labute approximate surface area is 471 Å². The highest BCUT2D eigenvalue weighted by atomic mass is 16.6. The van der Waals surface area contributed by atoms with E-state index < -0.39 is 6.10 Å². The number of unbranched alkanes of at least 4 members (excludes halogenated alkanes) is 30. The van der Waals surface area contributed by atoms with E-state index in [4.69, 9.17) is 9.47 Å². The molecule has 0 rings (SSSR count). The van der Waals surface area contributed by atoms with Crippen LogP contribution in [-0.4, -0.2) is 36.4 Å². The minimum Gasteiger partial charge on any atom is -0.462 e. The third kappa shape index (κ3) is 62.8. The van der Waals surface area contributed by atoms with E-state index in [1.807, 2.05) is 0 Å². The second kappa shape index (κ2) is 65.6. The van der Waals surface area contributed by atoms with Crippen LogP contribution in [0.1, 0.15) is 296 Å². The Bertz CT molecular complexity index is 1520. The van der Waals surface area contributed by atoms with Crippen LogP contribution in [0.5, 0.6) is 0 Å². The third-order valence-corrected chi connectivity index (χ3v) is 13.7. The van der Waals surface area contributed by atoms with Crippen LogP contribution in [0.15, 0.2) is 122 Å².